The molecule has 0 saturated carbocycles. The standard InChI is InChI=1S/C20H19N3O3S2/c1-23-19(25)17(10-13-5-3-7-15(9-13)26-12-18(21)24)28-20(23)22-14-6-4-8-16(11-14)27-2/h3-11H,12H2,1-2H3,(H2,21,24)/b17-10+,22-20?. The van der Waals surface area contributed by atoms with Crippen molar-refractivity contribution >= 4 is 52.3 Å². The van der Waals surface area contributed by atoms with E-state index in [0.29, 0.717) is 15.8 Å². The van der Waals surface area contributed by atoms with Crippen molar-refractivity contribution in [1.29, 1.82) is 0 Å². The number of likely N-dealkylation sites (N-methyl/N-ethyl adjacent to an activating group) is 1. The first-order valence-electron chi connectivity index (χ1n) is 8.38. The second kappa shape index (κ2) is 8.99. The highest BCUT2D eigenvalue weighted by Crippen LogP contribution is 2.34. The lowest BCUT2D eigenvalue weighted by atomic mass is 10.2. The normalized spacial score (nSPS) is 16.8. The van der Waals surface area contributed by atoms with Gasteiger partial charge in [0.2, 0.25) is 0 Å². The lowest BCUT2D eigenvalue weighted by molar-refractivity contribution is -0.121. The summed E-state index contributed by atoms with van der Waals surface area (Å²) in [6.07, 6.45) is 3.79. The van der Waals surface area contributed by atoms with Gasteiger partial charge in [-0.05, 0) is 60.0 Å². The average Bonchev–Trinajstić information content (AvgIpc) is 2.94. The number of aliphatic imine (C=N–C) groups is 1. The van der Waals surface area contributed by atoms with Crippen LogP contribution in [-0.4, -0.2) is 41.8 Å². The fraction of sp³-hybridized carbons (Fsp3) is 0.150. The third-order valence-corrected chi connectivity index (χ3v) is 5.60. The van der Waals surface area contributed by atoms with Crippen LogP contribution in [0.4, 0.5) is 5.69 Å². The molecule has 2 aromatic carbocycles. The van der Waals surface area contributed by atoms with Crippen molar-refractivity contribution in [2.45, 2.75) is 4.90 Å². The number of primary amides is 1. The first-order chi connectivity index (χ1) is 13.5. The van der Waals surface area contributed by atoms with Crippen LogP contribution in [-0.2, 0) is 9.59 Å². The van der Waals surface area contributed by atoms with Gasteiger partial charge in [0.1, 0.15) is 5.75 Å². The van der Waals surface area contributed by atoms with Crippen LogP contribution in [0.5, 0.6) is 5.75 Å². The molecule has 1 aliphatic rings. The summed E-state index contributed by atoms with van der Waals surface area (Å²) in [4.78, 5) is 31.3. The maximum Gasteiger partial charge on any atom is 0.266 e. The van der Waals surface area contributed by atoms with Gasteiger partial charge in [-0.25, -0.2) is 4.99 Å². The molecule has 0 aromatic heterocycles. The summed E-state index contributed by atoms with van der Waals surface area (Å²) in [6, 6.07) is 15.0. The van der Waals surface area contributed by atoms with E-state index in [0.717, 1.165) is 16.1 Å². The number of nitrogens with zero attached hydrogens (tertiary/aromatic N) is 2. The molecule has 1 fully saturated rings. The van der Waals surface area contributed by atoms with E-state index in [1.807, 2.05) is 36.6 Å². The molecule has 1 heterocycles. The van der Waals surface area contributed by atoms with Crippen molar-refractivity contribution < 1.29 is 14.3 Å². The van der Waals surface area contributed by atoms with E-state index in [4.69, 9.17) is 10.5 Å². The van der Waals surface area contributed by atoms with E-state index in [1.54, 1.807) is 43.1 Å². The van der Waals surface area contributed by atoms with Crippen molar-refractivity contribution in [2.24, 2.45) is 10.7 Å². The summed E-state index contributed by atoms with van der Waals surface area (Å²) in [7, 11) is 1.71. The molecular weight excluding hydrogens is 394 g/mol. The summed E-state index contributed by atoms with van der Waals surface area (Å²) < 4.78 is 5.31. The van der Waals surface area contributed by atoms with Crippen LogP contribution >= 0.6 is 23.5 Å². The molecule has 28 heavy (non-hydrogen) atoms. The largest absolute Gasteiger partial charge is 0.484 e. The van der Waals surface area contributed by atoms with Gasteiger partial charge in [-0.1, -0.05) is 18.2 Å². The van der Waals surface area contributed by atoms with E-state index in [1.165, 1.54) is 16.7 Å². The predicted molar refractivity (Wildman–Crippen MR) is 115 cm³/mol. The van der Waals surface area contributed by atoms with E-state index in [9.17, 15) is 9.59 Å². The Bertz CT molecular complexity index is 973. The molecule has 144 valence electrons. The van der Waals surface area contributed by atoms with Gasteiger partial charge >= 0.3 is 0 Å². The minimum Gasteiger partial charge on any atom is -0.484 e. The van der Waals surface area contributed by atoms with E-state index >= 15 is 0 Å². The van der Waals surface area contributed by atoms with Crippen molar-refractivity contribution in [3.63, 3.8) is 0 Å². The fourth-order valence-electron chi connectivity index (χ4n) is 2.44. The third-order valence-electron chi connectivity index (χ3n) is 3.82. The zero-order valence-corrected chi connectivity index (χ0v) is 17.0. The summed E-state index contributed by atoms with van der Waals surface area (Å²) in [5.41, 5.74) is 6.69. The number of thioether (sulfide) groups is 2. The number of ether oxygens (including phenoxy) is 1. The first kappa shape index (κ1) is 20.0. The Balaban J connectivity index is 1.82. The number of hydrogen-bond donors (Lipinski definition) is 1. The quantitative estimate of drug-likeness (QED) is 0.579. The highest BCUT2D eigenvalue weighted by molar-refractivity contribution is 8.18. The molecule has 0 unspecified atom stereocenters. The Hall–Kier alpha value is -2.71. The van der Waals surface area contributed by atoms with Crippen LogP contribution in [0.25, 0.3) is 6.08 Å². The molecule has 0 aliphatic carbocycles. The first-order valence-corrected chi connectivity index (χ1v) is 10.4. The van der Waals surface area contributed by atoms with Gasteiger partial charge in [0.15, 0.2) is 11.8 Å². The van der Waals surface area contributed by atoms with Crippen LogP contribution in [0.2, 0.25) is 0 Å². The van der Waals surface area contributed by atoms with Gasteiger partial charge in [-0.15, -0.1) is 11.8 Å². The molecule has 6 nitrogen and oxygen atoms in total. The number of carbonyl (C=O) groups excluding carboxylic acids is 2. The van der Waals surface area contributed by atoms with Gasteiger partial charge < -0.3 is 10.5 Å². The molecule has 0 atom stereocenters. The molecule has 0 spiro atoms. The minimum absolute atomic E-state index is 0.117. The predicted octanol–water partition coefficient (Wildman–Crippen LogP) is 3.51. The number of hydrogen-bond acceptors (Lipinski definition) is 6. The lowest BCUT2D eigenvalue weighted by Crippen LogP contribution is -2.23. The van der Waals surface area contributed by atoms with Crippen molar-refractivity contribution in [1.82, 2.24) is 4.90 Å². The highest BCUT2D eigenvalue weighted by atomic mass is 32.2. The lowest BCUT2D eigenvalue weighted by Gasteiger charge is -2.07. The van der Waals surface area contributed by atoms with Crippen molar-refractivity contribution in [2.75, 3.05) is 19.9 Å². The minimum atomic E-state index is -0.543. The summed E-state index contributed by atoms with van der Waals surface area (Å²) in [5.74, 6) is -0.147. The van der Waals surface area contributed by atoms with Crippen LogP contribution in [0.3, 0.4) is 0 Å². The number of rotatable bonds is 6. The van der Waals surface area contributed by atoms with Crippen LogP contribution < -0.4 is 10.5 Å². The molecule has 3 rings (SSSR count). The molecule has 0 bridgehead atoms. The molecule has 1 aliphatic heterocycles. The molecular formula is C20H19N3O3S2. The topological polar surface area (TPSA) is 85.0 Å². The zero-order valence-electron chi connectivity index (χ0n) is 15.4. The number of carbonyl (C=O) groups is 2. The van der Waals surface area contributed by atoms with Gasteiger partial charge in [0.05, 0.1) is 10.6 Å². The molecule has 2 amide bonds. The number of amidine groups is 1. The Labute approximate surface area is 171 Å². The fourth-order valence-corrected chi connectivity index (χ4v) is 3.88. The van der Waals surface area contributed by atoms with Crippen LogP contribution in [0, 0.1) is 0 Å². The summed E-state index contributed by atoms with van der Waals surface area (Å²) in [5, 5.41) is 0.621. The Kier molecular flexibility index (Phi) is 6.43. The number of benzene rings is 2. The Morgan fingerprint density at radius 1 is 1.29 bits per heavy atom. The van der Waals surface area contributed by atoms with E-state index in [-0.39, 0.29) is 12.5 Å². The molecule has 8 heteroatoms. The molecule has 2 aromatic rings. The Morgan fingerprint density at radius 2 is 2.07 bits per heavy atom. The maximum absolute atomic E-state index is 12.6. The maximum atomic E-state index is 12.6. The number of nitrogens with two attached hydrogens (primary N) is 1. The van der Waals surface area contributed by atoms with Crippen LogP contribution in [0.1, 0.15) is 5.56 Å². The van der Waals surface area contributed by atoms with Gasteiger partial charge in [0.25, 0.3) is 11.8 Å². The van der Waals surface area contributed by atoms with Crippen LogP contribution in [0.15, 0.2) is 63.3 Å². The van der Waals surface area contributed by atoms with E-state index < -0.39 is 5.91 Å². The van der Waals surface area contributed by atoms with Gasteiger partial charge in [-0.2, -0.15) is 0 Å². The van der Waals surface area contributed by atoms with Crippen molar-refractivity contribution in [3.05, 3.63) is 59.0 Å². The second-order valence-electron chi connectivity index (χ2n) is 5.90. The number of amides is 2. The zero-order chi connectivity index (χ0) is 20.1. The van der Waals surface area contributed by atoms with Gasteiger partial charge in [0, 0.05) is 11.9 Å². The molecule has 0 radical (unpaired) electrons. The monoisotopic (exact) mass is 413 g/mol. The summed E-state index contributed by atoms with van der Waals surface area (Å²) >= 11 is 2.96. The SMILES string of the molecule is CSc1cccc(N=C2S/C(=C/c3cccc(OCC(N)=O)c3)C(=O)N2C)c1. The Morgan fingerprint density at radius 3 is 2.82 bits per heavy atom. The smallest absolute Gasteiger partial charge is 0.266 e. The highest BCUT2D eigenvalue weighted by Gasteiger charge is 2.30. The molecule has 1 saturated heterocycles. The molecule has 2 N–H and O–H groups in total. The third kappa shape index (κ3) is 4.96. The van der Waals surface area contributed by atoms with Crippen molar-refractivity contribution in [3.8, 4) is 5.75 Å². The summed E-state index contributed by atoms with van der Waals surface area (Å²) in [6.45, 7) is -0.192. The van der Waals surface area contributed by atoms with E-state index in [2.05, 4.69) is 4.99 Å². The van der Waals surface area contributed by atoms with Gasteiger partial charge in [-0.3, -0.25) is 14.5 Å². The average molecular weight is 414 g/mol. The second-order valence-corrected chi connectivity index (χ2v) is 7.79.